The third-order valence-corrected chi connectivity index (χ3v) is 2.58. The van der Waals surface area contributed by atoms with Gasteiger partial charge < -0.3 is 0 Å². The first kappa shape index (κ1) is 7.77. The molecule has 1 aliphatic heterocycles. The number of rotatable bonds is 2. The average molecular weight is 140 g/mol. The molecule has 0 saturated carbocycles. The Morgan fingerprint density at radius 3 is 2.80 bits per heavy atom. The molecule has 0 fully saturated rings. The van der Waals surface area contributed by atoms with Crippen molar-refractivity contribution in [3.63, 3.8) is 0 Å². The summed E-state index contributed by atoms with van der Waals surface area (Å²) in [6.07, 6.45) is 2.60. The van der Waals surface area contributed by atoms with E-state index in [2.05, 4.69) is 25.8 Å². The summed E-state index contributed by atoms with van der Waals surface area (Å²) in [4.78, 5) is 3.47. The van der Waals surface area contributed by atoms with Gasteiger partial charge in [-0.2, -0.15) is 0 Å². The van der Waals surface area contributed by atoms with E-state index in [4.69, 9.17) is 0 Å². The maximum atomic E-state index is 3.47. The van der Waals surface area contributed by atoms with E-state index in [0.29, 0.717) is 0 Å². The zero-order chi connectivity index (χ0) is 7.56. The molecule has 1 heteroatoms. The van der Waals surface area contributed by atoms with Crippen molar-refractivity contribution >= 4 is 5.71 Å². The van der Waals surface area contributed by atoms with Gasteiger partial charge in [0.15, 0.2) is 5.71 Å². The fraction of sp³-hybridized carbons (Fsp3) is 0.889. The van der Waals surface area contributed by atoms with Gasteiger partial charge in [-0.25, -0.2) is 4.99 Å². The quantitative estimate of drug-likeness (QED) is 0.577. The Bertz CT molecular complexity index is 138. The molecule has 1 aliphatic rings. The van der Waals surface area contributed by atoms with Crippen molar-refractivity contribution in [2.75, 3.05) is 6.54 Å². The minimum atomic E-state index is 0.775. The molecule has 58 valence electrons. The van der Waals surface area contributed by atoms with Crippen LogP contribution in [0.2, 0.25) is 0 Å². The second-order valence-corrected chi connectivity index (χ2v) is 3.38. The lowest BCUT2D eigenvalue weighted by atomic mass is 9.93. The first-order valence-electron chi connectivity index (χ1n) is 4.36. The third-order valence-electron chi connectivity index (χ3n) is 2.58. The van der Waals surface area contributed by atoms with Crippen molar-refractivity contribution in [1.82, 2.24) is 0 Å². The summed E-state index contributed by atoms with van der Waals surface area (Å²) in [7, 11) is 0. The van der Waals surface area contributed by atoms with Crippen LogP contribution in [0.3, 0.4) is 0 Å². The van der Waals surface area contributed by atoms with Gasteiger partial charge in [0.1, 0.15) is 6.54 Å². The molecule has 0 aliphatic carbocycles. The summed E-state index contributed by atoms with van der Waals surface area (Å²) in [5.74, 6) is 1.59. The van der Waals surface area contributed by atoms with Crippen molar-refractivity contribution in [3.8, 4) is 0 Å². The van der Waals surface area contributed by atoms with Crippen molar-refractivity contribution < 1.29 is 4.99 Å². The lowest BCUT2D eigenvalue weighted by Crippen LogP contribution is -2.71. The monoisotopic (exact) mass is 140 g/mol. The van der Waals surface area contributed by atoms with Crippen LogP contribution in [-0.4, -0.2) is 12.3 Å². The Kier molecular flexibility index (Phi) is 2.47. The van der Waals surface area contributed by atoms with E-state index in [1.807, 2.05) is 0 Å². The van der Waals surface area contributed by atoms with Crippen LogP contribution in [0.1, 0.15) is 33.6 Å². The smallest absolute Gasteiger partial charge is 0.156 e. The van der Waals surface area contributed by atoms with Gasteiger partial charge in [0.05, 0.1) is 0 Å². The van der Waals surface area contributed by atoms with Crippen molar-refractivity contribution in [2.45, 2.75) is 33.6 Å². The number of nitrogens with one attached hydrogen (secondary N) is 1. The molecule has 2 atom stereocenters. The largest absolute Gasteiger partial charge is 0.249 e. The second-order valence-electron chi connectivity index (χ2n) is 3.38. The van der Waals surface area contributed by atoms with Crippen molar-refractivity contribution in [1.29, 1.82) is 0 Å². The predicted octanol–water partition coefficient (Wildman–Crippen LogP) is 0.594. The minimum Gasteiger partial charge on any atom is -0.249 e. The molecule has 1 rings (SSSR count). The zero-order valence-corrected chi connectivity index (χ0v) is 7.28. The molecule has 0 aromatic rings. The molecule has 0 amide bonds. The first-order valence-corrected chi connectivity index (χ1v) is 4.36. The Morgan fingerprint density at radius 1 is 1.70 bits per heavy atom. The fourth-order valence-corrected chi connectivity index (χ4v) is 1.64. The number of hydrogen-bond acceptors (Lipinski definition) is 0. The van der Waals surface area contributed by atoms with E-state index in [1.54, 1.807) is 5.71 Å². The molecule has 1 nitrogen and oxygen atoms in total. The molecule has 1 heterocycles. The SMILES string of the molecule is CCC(C)C1=[NH+]CCC1C. The molecule has 0 aromatic carbocycles. The van der Waals surface area contributed by atoms with Crippen molar-refractivity contribution in [2.24, 2.45) is 11.8 Å². The van der Waals surface area contributed by atoms with E-state index >= 15 is 0 Å². The average Bonchev–Trinajstić information content (AvgIpc) is 2.34. The highest BCUT2D eigenvalue weighted by molar-refractivity contribution is 5.83. The van der Waals surface area contributed by atoms with Gasteiger partial charge in [-0.1, -0.05) is 20.8 Å². The Labute approximate surface area is 63.5 Å². The van der Waals surface area contributed by atoms with Gasteiger partial charge >= 0.3 is 0 Å². The van der Waals surface area contributed by atoms with Crippen LogP contribution in [0.4, 0.5) is 0 Å². The summed E-state index contributed by atoms with van der Waals surface area (Å²) in [5.41, 5.74) is 1.59. The van der Waals surface area contributed by atoms with Crippen LogP contribution in [-0.2, 0) is 0 Å². The molecule has 10 heavy (non-hydrogen) atoms. The topological polar surface area (TPSA) is 14.0 Å². The van der Waals surface area contributed by atoms with Crippen LogP contribution in [0, 0.1) is 11.8 Å². The normalized spacial score (nSPS) is 28.3. The van der Waals surface area contributed by atoms with E-state index < -0.39 is 0 Å². The third kappa shape index (κ3) is 1.39. The molecule has 0 saturated heterocycles. The molecule has 0 spiro atoms. The van der Waals surface area contributed by atoms with E-state index in [0.717, 1.165) is 11.8 Å². The van der Waals surface area contributed by atoms with Crippen LogP contribution in [0.5, 0.6) is 0 Å². The molecule has 2 unspecified atom stereocenters. The van der Waals surface area contributed by atoms with E-state index in [9.17, 15) is 0 Å². The summed E-state index contributed by atoms with van der Waals surface area (Å²) in [6.45, 7) is 8.08. The molecule has 1 N–H and O–H groups in total. The van der Waals surface area contributed by atoms with E-state index in [-0.39, 0.29) is 0 Å². The Morgan fingerprint density at radius 2 is 2.40 bits per heavy atom. The lowest BCUT2D eigenvalue weighted by molar-refractivity contribution is -0.449. The van der Waals surface area contributed by atoms with Crippen LogP contribution in [0.15, 0.2) is 0 Å². The Hall–Kier alpha value is -0.330. The maximum absolute atomic E-state index is 3.47. The number of hydrogen-bond donors (Lipinski definition) is 1. The summed E-state index contributed by atoms with van der Waals surface area (Å²) in [5, 5.41) is 0. The second kappa shape index (κ2) is 3.18. The van der Waals surface area contributed by atoms with Crippen LogP contribution >= 0.6 is 0 Å². The fourth-order valence-electron chi connectivity index (χ4n) is 1.64. The van der Waals surface area contributed by atoms with Crippen LogP contribution < -0.4 is 4.99 Å². The Balaban J connectivity index is 2.53. The highest BCUT2D eigenvalue weighted by Gasteiger charge is 2.26. The molecular weight excluding hydrogens is 122 g/mol. The molecule has 0 bridgehead atoms. The molecular formula is C9H18N+. The zero-order valence-electron chi connectivity index (χ0n) is 7.28. The van der Waals surface area contributed by atoms with Crippen molar-refractivity contribution in [3.05, 3.63) is 0 Å². The summed E-state index contributed by atoms with van der Waals surface area (Å²) >= 11 is 0. The first-order chi connectivity index (χ1) is 4.75. The predicted molar refractivity (Wildman–Crippen MR) is 44.1 cm³/mol. The standard InChI is InChI=1S/C9H17N/c1-4-7(2)9-8(3)5-6-10-9/h7-8H,4-6H2,1-3H3/p+1. The van der Waals surface area contributed by atoms with Gasteiger partial charge in [-0.3, -0.25) is 0 Å². The van der Waals surface area contributed by atoms with E-state index in [1.165, 1.54) is 19.4 Å². The molecule has 0 radical (unpaired) electrons. The minimum absolute atomic E-state index is 0.775. The summed E-state index contributed by atoms with van der Waals surface area (Å²) < 4.78 is 0. The van der Waals surface area contributed by atoms with Gasteiger partial charge in [0.2, 0.25) is 0 Å². The highest BCUT2D eigenvalue weighted by Crippen LogP contribution is 2.12. The maximum Gasteiger partial charge on any atom is 0.156 e. The van der Waals surface area contributed by atoms with Crippen LogP contribution in [0.25, 0.3) is 0 Å². The van der Waals surface area contributed by atoms with Gasteiger partial charge in [0.25, 0.3) is 0 Å². The van der Waals surface area contributed by atoms with Gasteiger partial charge in [-0.05, 0) is 6.42 Å². The van der Waals surface area contributed by atoms with Gasteiger partial charge in [0, 0.05) is 18.3 Å². The highest BCUT2D eigenvalue weighted by atomic mass is 14.8. The van der Waals surface area contributed by atoms with Gasteiger partial charge in [-0.15, -0.1) is 0 Å². The summed E-state index contributed by atoms with van der Waals surface area (Å²) in [6, 6.07) is 0. The molecule has 0 aromatic heterocycles. The lowest BCUT2D eigenvalue weighted by Gasteiger charge is -2.06.